The molecule has 2 heterocycles. The number of carbonyl (C=O) groups excluding carboxylic acids is 1. The number of fused-ring (bicyclic) bond motifs is 2. The number of ether oxygens (including phenoxy) is 1. The predicted molar refractivity (Wildman–Crippen MR) is 106 cm³/mol. The average Bonchev–Trinajstić information content (AvgIpc) is 3.29. The molecule has 0 bridgehead atoms. The molecule has 2 aromatic heterocycles. The summed E-state index contributed by atoms with van der Waals surface area (Å²) in [6, 6.07) is 12.9. The number of anilines is 2. The topological polar surface area (TPSA) is 123 Å². The van der Waals surface area contributed by atoms with Crippen molar-refractivity contribution in [3.05, 3.63) is 48.0 Å². The minimum absolute atomic E-state index is 0.218. The van der Waals surface area contributed by atoms with Gasteiger partial charge in [-0.1, -0.05) is 12.1 Å². The molecule has 1 unspecified atom stereocenters. The number of aromatic nitrogens is 2. The Kier molecular flexibility index (Phi) is 5.41. The summed E-state index contributed by atoms with van der Waals surface area (Å²) in [5, 5.41) is 14.8. The largest absolute Gasteiger partial charge is 0.423 e. The number of aliphatic hydroxyl groups excluding tert-OH is 1. The lowest BCUT2D eigenvalue weighted by molar-refractivity contribution is 0.0470. The summed E-state index contributed by atoms with van der Waals surface area (Å²) in [7, 11) is 0. The molecule has 1 atom stereocenters. The van der Waals surface area contributed by atoms with E-state index in [1.807, 2.05) is 24.3 Å². The number of nitrogens with one attached hydrogen (secondary N) is 2. The van der Waals surface area contributed by atoms with Crippen LogP contribution in [0.15, 0.2) is 51.3 Å². The Bertz CT molecular complexity index is 1100. The summed E-state index contributed by atoms with van der Waals surface area (Å²) in [5.74, 6) is -0.246. The molecule has 0 saturated carbocycles. The van der Waals surface area contributed by atoms with Gasteiger partial charge >= 0.3 is 12.0 Å². The summed E-state index contributed by atoms with van der Waals surface area (Å²) in [5.41, 5.74) is 2.89. The molecule has 0 saturated heterocycles. The fourth-order valence-corrected chi connectivity index (χ4v) is 2.73. The molecule has 0 aliphatic rings. The molecule has 0 aliphatic heterocycles. The lowest BCUT2D eigenvalue weighted by Gasteiger charge is -2.07. The third-order valence-electron chi connectivity index (χ3n) is 4.05. The van der Waals surface area contributed by atoms with E-state index in [1.165, 1.54) is 0 Å². The van der Waals surface area contributed by atoms with Crippen molar-refractivity contribution in [1.29, 1.82) is 0 Å². The molecule has 3 N–H and O–H groups in total. The number of aliphatic hydroxyl groups is 1. The number of benzene rings is 2. The van der Waals surface area contributed by atoms with Gasteiger partial charge in [0, 0.05) is 12.1 Å². The number of carbonyl (C=O) groups is 1. The van der Waals surface area contributed by atoms with Gasteiger partial charge in [0.25, 0.3) is 5.91 Å². The second kappa shape index (κ2) is 8.29. The van der Waals surface area contributed by atoms with Crippen LogP contribution < -0.4 is 10.6 Å². The molecule has 150 valence electrons. The smallest absolute Gasteiger partial charge is 0.303 e. The first-order valence-corrected chi connectivity index (χ1v) is 9.16. The Balaban J connectivity index is 1.41. The zero-order chi connectivity index (χ0) is 20.2. The van der Waals surface area contributed by atoms with Gasteiger partial charge in [-0.3, -0.25) is 10.1 Å². The first kappa shape index (κ1) is 18.9. The van der Waals surface area contributed by atoms with Crippen LogP contribution in [0.25, 0.3) is 22.2 Å². The molecule has 0 spiro atoms. The van der Waals surface area contributed by atoms with Crippen LogP contribution in [-0.2, 0) is 4.74 Å². The summed E-state index contributed by atoms with van der Waals surface area (Å²) in [6.07, 6.45) is -0.530. The van der Waals surface area contributed by atoms with E-state index in [2.05, 4.69) is 20.6 Å². The highest BCUT2D eigenvalue weighted by atomic mass is 16.5. The number of nitrogens with zero attached hydrogens (tertiary/aromatic N) is 2. The maximum Gasteiger partial charge on any atom is 0.303 e. The van der Waals surface area contributed by atoms with Gasteiger partial charge in [-0.2, -0.15) is 9.97 Å². The zero-order valence-corrected chi connectivity index (χ0v) is 15.7. The second-order valence-electron chi connectivity index (χ2n) is 6.49. The average molecular weight is 396 g/mol. The highest BCUT2D eigenvalue weighted by Gasteiger charge is 2.13. The molecular weight excluding hydrogens is 376 g/mol. The summed E-state index contributed by atoms with van der Waals surface area (Å²) >= 11 is 0. The summed E-state index contributed by atoms with van der Waals surface area (Å²) in [4.78, 5) is 20.9. The molecule has 4 aromatic rings. The molecular formula is C20H20N4O5. The number of oxazole rings is 2. The van der Waals surface area contributed by atoms with Gasteiger partial charge in [0.2, 0.25) is 0 Å². The Labute approximate surface area is 165 Å². The monoisotopic (exact) mass is 396 g/mol. The predicted octanol–water partition coefficient (Wildman–Crippen LogP) is 2.84. The fourth-order valence-electron chi connectivity index (χ4n) is 2.73. The second-order valence-corrected chi connectivity index (χ2v) is 6.49. The standard InChI is InChI=1S/C20H20N4O5/c1-12(25)11-27-9-8-21-18(26)13-6-7-17-15(10-13)23-20(29-17)24-19-22-14-4-2-3-5-16(14)28-19/h2-7,10,12,25H,8-9,11H2,1H3,(H,21,26)(H,22,23,24). The van der Waals surface area contributed by atoms with E-state index in [9.17, 15) is 4.79 Å². The van der Waals surface area contributed by atoms with Crippen LogP contribution >= 0.6 is 0 Å². The fraction of sp³-hybridized carbons (Fsp3) is 0.250. The first-order valence-electron chi connectivity index (χ1n) is 9.16. The van der Waals surface area contributed by atoms with Gasteiger partial charge < -0.3 is 24.0 Å². The van der Waals surface area contributed by atoms with E-state index >= 15 is 0 Å². The Morgan fingerprint density at radius 3 is 2.59 bits per heavy atom. The van der Waals surface area contributed by atoms with E-state index in [-0.39, 0.29) is 24.5 Å². The van der Waals surface area contributed by atoms with Gasteiger partial charge in [-0.25, -0.2) is 0 Å². The van der Waals surface area contributed by atoms with Crippen molar-refractivity contribution in [3.8, 4) is 0 Å². The summed E-state index contributed by atoms with van der Waals surface area (Å²) < 4.78 is 16.5. The Hall–Kier alpha value is -3.43. The van der Waals surface area contributed by atoms with Crippen LogP contribution in [0.4, 0.5) is 12.0 Å². The number of rotatable bonds is 8. The maximum atomic E-state index is 12.3. The lowest BCUT2D eigenvalue weighted by Crippen LogP contribution is -2.28. The molecule has 2 aromatic carbocycles. The third kappa shape index (κ3) is 4.53. The zero-order valence-electron chi connectivity index (χ0n) is 15.7. The van der Waals surface area contributed by atoms with Crippen molar-refractivity contribution < 1.29 is 23.5 Å². The first-order chi connectivity index (χ1) is 14.1. The molecule has 9 nitrogen and oxygen atoms in total. The lowest BCUT2D eigenvalue weighted by atomic mass is 10.2. The van der Waals surface area contributed by atoms with E-state index in [1.54, 1.807) is 25.1 Å². The van der Waals surface area contributed by atoms with E-state index in [0.29, 0.717) is 35.4 Å². The molecule has 0 radical (unpaired) electrons. The van der Waals surface area contributed by atoms with E-state index in [0.717, 1.165) is 5.52 Å². The van der Waals surface area contributed by atoms with Crippen LogP contribution in [0.3, 0.4) is 0 Å². The van der Waals surface area contributed by atoms with Crippen molar-refractivity contribution in [1.82, 2.24) is 15.3 Å². The SMILES string of the molecule is CC(O)COCCNC(=O)c1ccc2oc(Nc3nc4ccccc4o3)nc2c1. The highest BCUT2D eigenvalue weighted by Crippen LogP contribution is 2.25. The minimum Gasteiger partial charge on any atom is -0.423 e. The third-order valence-corrected chi connectivity index (χ3v) is 4.05. The van der Waals surface area contributed by atoms with Crippen LogP contribution in [0.1, 0.15) is 17.3 Å². The van der Waals surface area contributed by atoms with Crippen LogP contribution in [0, 0.1) is 0 Å². The van der Waals surface area contributed by atoms with Crippen molar-refractivity contribution in [2.24, 2.45) is 0 Å². The van der Waals surface area contributed by atoms with Gasteiger partial charge in [-0.15, -0.1) is 0 Å². The highest BCUT2D eigenvalue weighted by molar-refractivity contribution is 5.97. The van der Waals surface area contributed by atoms with Gasteiger partial charge in [-0.05, 0) is 37.3 Å². The van der Waals surface area contributed by atoms with E-state index in [4.69, 9.17) is 18.7 Å². The van der Waals surface area contributed by atoms with Crippen molar-refractivity contribution in [2.75, 3.05) is 25.1 Å². The number of amides is 1. The number of para-hydroxylation sites is 2. The van der Waals surface area contributed by atoms with Gasteiger partial charge in [0.05, 0.1) is 19.3 Å². The minimum atomic E-state index is -0.530. The Morgan fingerprint density at radius 2 is 1.83 bits per heavy atom. The van der Waals surface area contributed by atoms with Crippen LogP contribution in [0.2, 0.25) is 0 Å². The molecule has 4 rings (SSSR count). The molecule has 1 amide bonds. The van der Waals surface area contributed by atoms with Crippen molar-refractivity contribution in [2.45, 2.75) is 13.0 Å². The van der Waals surface area contributed by atoms with Gasteiger partial charge in [0.15, 0.2) is 11.2 Å². The van der Waals surface area contributed by atoms with Crippen LogP contribution in [-0.4, -0.2) is 46.8 Å². The maximum absolute atomic E-state index is 12.3. The van der Waals surface area contributed by atoms with Crippen LogP contribution in [0.5, 0.6) is 0 Å². The normalized spacial score (nSPS) is 12.3. The number of hydrogen-bond donors (Lipinski definition) is 3. The molecule has 0 fully saturated rings. The summed E-state index contributed by atoms with van der Waals surface area (Å²) in [6.45, 7) is 2.53. The van der Waals surface area contributed by atoms with Crippen molar-refractivity contribution >= 4 is 40.1 Å². The molecule has 9 heteroatoms. The van der Waals surface area contributed by atoms with Gasteiger partial charge in [0.1, 0.15) is 11.0 Å². The van der Waals surface area contributed by atoms with E-state index < -0.39 is 6.10 Å². The Morgan fingerprint density at radius 1 is 1.10 bits per heavy atom. The van der Waals surface area contributed by atoms with Crippen molar-refractivity contribution in [3.63, 3.8) is 0 Å². The molecule has 29 heavy (non-hydrogen) atoms. The quantitative estimate of drug-likeness (QED) is 0.389. The number of hydrogen-bond acceptors (Lipinski definition) is 8. The molecule has 0 aliphatic carbocycles.